The molecule has 200 valence electrons. The molecule has 1 aliphatic heterocycles. The van der Waals surface area contributed by atoms with Crippen molar-refractivity contribution in [3.63, 3.8) is 0 Å². The quantitative estimate of drug-likeness (QED) is 0.114. The van der Waals surface area contributed by atoms with Crippen LogP contribution in [0.15, 0.2) is 48.5 Å². The maximum absolute atomic E-state index is 12.6. The van der Waals surface area contributed by atoms with E-state index >= 15 is 0 Å². The number of Topliss-reactive ketones (excluding diaryl/α,β-unsaturated/α-hetero) is 2. The van der Waals surface area contributed by atoms with Gasteiger partial charge in [0, 0.05) is 25.2 Å². The minimum Gasteiger partial charge on any atom is -0.497 e. The lowest BCUT2D eigenvalue weighted by molar-refractivity contribution is -0.146. The van der Waals surface area contributed by atoms with Crippen LogP contribution in [0.4, 0.5) is 0 Å². The number of carbonyl (C=O) groups excluding carboxylic acids is 3. The van der Waals surface area contributed by atoms with Crippen LogP contribution < -0.4 is 15.0 Å². The highest BCUT2D eigenvalue weighted by molar-refractivity contribution is 6.43. The van der Waals surface area contributed by atoms with Crippen molar-refractivity contribution in [2.24, 2.45) is 5.41 Å². The van der Waals surface area contributed by atoms with Crippen molar-refractivity contribution in [1.82, 2.24) is 5.48 Å². The Morgan fingerprint density at radius 1 is 1.00 bits per heavy atom. The molecule has 1 amide bonds. The molecule has 0 radical (unpaired) electrons. The van der Waals surface area contributed by atoms with Crippen molar-refractivity contribution in [3.05, 3.63) is 59.7 Å². The number of unbranched alkanes of at least 4 members (excludes halogenated alkanes) is 1. The molecule has 0 spiro atoms. The van der Waals surface area contributed by atoms with E-state index in [1.54, 1.807) is 36.9 Å². The Bertz CT molecular complexity index is 1030. The van der Waals surface area contributed by atoms with E-state index in [0.717, 1.165) is 24.2 Å². The third kappa shape index (κ3) is 7.85. The monoisotopic (exact) mass is 513 g/mol. The lowest BCUT2D eigenvalue weighted by atomic mass is 9.75. The fourth-order valence-electron chi connectivity index (χ4n) is 4.42. The van der Waals surface area contributed by atoms with Crippen molar-refractivity contribution >= 4 is 17.5 Å². The van der Waals surface area contributed by atoms with E-state index in [4.69, 9.17) is 19.4 Å². The summed E-state index contributed by atoms with van der Waals surface area (Å²) in [7, 11) is 1.60. The summed E-state index contributed by atoms with van der Waals surface area (Å²) in [5.74, 6) is -0.420. The van der Waals surface area contributed by atoms with Crippen molar-refractivity contribution in [3.8, 4) is 11.5 Å². The van der Waals surface area contributed by atoms with Gasteiger partial charge in [0.2, 0.25) is 17.5 Å². The second kappa shape index (κ2) is 13.9. The van der Waals surface area contributed by atoms with Crippen LogP contribution >= 0.6 is 0 Å². The Morgan fingerprint density at radius 2 is 1.65 bits per heavy atom. The molecule has 1 unspecified atom stereocenters. The van der Waals surface area contributed by atoms with Gasteiger partial charge in [0.25, 0.3) is 0 Å². The second-order valence-corrected chi connectivity index (χ2v) is 9.24. The van der Waals surface area contributed by atoms with Gasteiger partial charge in [0.05, 0.1) is 25.2 Å². The van der Waals surface area contributed by atoms with Gasteiger partial charge < -0.3 is 19.3 Å². The standard InChI is InChI=1S/C28H35NO8/c1-35-22-9-5-20(6-10-22)24(30)4-2-3-17-37-23-11-7-21(8-12-23)26(32)25(31)13-14-28(27(33)29-34)15-18-36-19-16-28/h5-12,24,30,34H,2-4,13-19H2,1H3,(H,29,33). The molecule has 1 atom stereocenters. The Morgan fingerprint density at radius 3 is 2.27 bits per heavy atom. The van der Waals surface area contributed by atoms with Gasteiger partial charge in [-0.15, -0.1) is 0 Å². The fourth-order valence-corrected chi connectivity index (χ4v) is 4.42. The molecule has 0 saturated carbocycles. The molecule has 0 aliphatic carbocycles. The van der Waals surface area contributed by atoms with E-state index in [1.165, 1.54) is 0 Å². The summed E-state index contributed by atoms with van der Waals surface area (Å²) in [5, 5.41) is 19.4. The van der Waals surface area contributed by atoms with Gasteiger partial charge in [0.15, 0.2) is 0 Å². The molecule has 37 heavy (non-hydrogen) atoms. The zero-order valence-corrected chi connectivity index (χ0v) is 21.1. The predicted octanol–water partition coefficient (Wildman–Crippen LogP) is 3.81. The number of carbonyl (C=O) groups is 3. The molecule has 9 nitrogen and oxygen atoms in total. The van der Waals surface area contributed by atoms with Crippen LogP contribution in [0.2, 0.25) is 0 Å². The van der Waals surface area contributed by atoms with E-state index in [2.05, 4.69) is 0 Å². The first kappa shape index (κ1) is 28.3. The molecule has 2 aromatic rings. The molecule has 1 fully saturated rings. The molecule has 2 aromatic carbocycles. The summed E-state index contributed by atoms with van der Waals surface area (Å²) >= 11 is 0. The van der Waals surface area contributed by atoms with Crippen LogP contribution in [0.1, 0.15) is 67.0 Å². The van der Waals surface area contributed by atoms with Gasteiger partial charge >= 0.3 is 0 Å². The normalized spacial score (nSPS) is 15.4. The Hall–Kier alpha value is -3.27. The van der Waals surface area contributed by atoms with Crippen LogP contribution in [0.5, 0.6) is 11.5 Å². The first-order valence-electron chi connectivity index (χ1n) is 12.5. The molecule has 3 rings (SSSR count). The lowest BCUT2D eigenvalue weighted by Crippen LogP contribution is -2.44. The van der Waals surface area contributed by atoms with Gasteiger partial charge in [-0.25, -0.2) is 5.48 Å². The third-order valence-corrected chi connectivity index (χ3v) is 6.87. The molecule has 0 aromatic heterocycles. The summed E-state index contributed by atoms with van der Waals surface area (Å²) in [6.07, 6.45) is 2.43. The van der Waals surface area contributed by atoms with E-state index in [1.807, 2.05) is 24.3 Å². The molecule has 1 saturated heterocycles. The van der Waals surface area contributed by atoms with E-state index in [0.29, 0.717) is 44.8 Å². The van der Waals surface area contributed by atoms with Crippen LogP contribution in [0.25, 0.3) is 0 Å². The average molecular weight is 514 g/mol. The summed E-state index contributed by atoms with van der Waals surface area (Å²) in [5.41, 5.74) is 1.88. The maximum atomic E-state index is 12.6. The van der Waals surface area contributed by atoms with Gasteiger partial charge in [-0.3, -0.25) is 19.6 Å². The minimum absolute atomic E-state index is 0.0904. The average Bonchev–Trinajstić information content (AvgIpc) is 2.95. The molecule has 1 aliphatic rings. The van der Waals surface area contributed by atoms with Gasteiger partial charge in [-0.1, -0.05) is 12.1 Å². The lowest BCUT2D eigenvalue weighted by Gasteiger charge is -2.34. The highest BCUT2D eigenvalue weighted by atomic mass is 16.5. The molecule has 0 bridgehead atoms. The molecule has 1 heterocycles. The fraction of sp³-hybridized carbons (Fsp3) is 0.464. The number of rotatable bonds is 14. The Balaban J connectivity index is 1.40. The molecule has 3 N–H and O–H groups in total. The zero-order valence-electron chi connectivity index (χ0n) is 21.1. The number of ketones is 2. The third-order valence-electron chi connectivity index (χ3n) is 6.87. The van der Waals surface area contributed by atoms with Crippen LogP contribution in [-0.2, 0) is 14.3 Å². The largest absolute Gasteiger partial charge is 0.497 e. The molecular formula is C28H35NO8. The Labute approximate surface area is 216 Å². The summed E-state index contributed by atoms with van der Waals surface area (Å²) in [6, 6.07) is 13.7. The number of methoxy groups -OCH3 is 1. The number of aliphatic hydroxyl groups is 1. The molecule has 9 heteroatoms. The van der Waals surface area contributed by atoms with E-state index in [-0.39, 0.29) is 18.4 Å². The smallest absolute Gasteiger partial charge is 0.249 e. The highest BCUT2D eigenvalue weighted by Gasteiger charge is 2.40. The second-order valence-electron chi connectivity index (χ2n) is 9.24. The van der Waals surface area contributed by atoms with E-state index in [9.17, 15) is 19.5 Å². The van der Waals surface area contributed by atoms with E-state index < -0.39 is 29.0 Å². The number of aliphatic hydroxyl groups excluding tert-OH is 1. The number of hydrogen-bond donors (Lipinski definition) is 3. The number of hydrogen-bond acceptors (Lipinski definition) is 8. The van der Waals surface area contributed by atoms with Crippen LogP contribution in [0.3, 0.4) is 0 Å². The van der Waals surface area contributed by atoms with Crippen LogP contribution in [-0.4, -0.2) is 54.7 Å². The van der Waals surface area contributed by atoms with Gasteiger partial charge in [-0.05, 0) is 80.5 Å². The summed E-state index contributed by atoms with van der Waals surface area (Å²) in [6.45, 7) is 1.18. The minimum atomic E-state index is -0.911. The van der Waals surface area contributed by atoms with Crippen molar-refractivity contribution < 1.29 is 38.9 Å². The first-order chi connectivity index (χ1) is 17.9. The number of hydroxylamine groups is 1. The van der Waals surface area contributed by atoms with Gasteiger partial charge in [-0.2, -0.15) is 0 Å². The number of amides is 1. The number of nitrogens with one attached hydrogen (secondary N) is 1. The van der Waals surface area contributed by atoms with Crippen molar-refractivity contribution in [1.29, 1.82) is 0 Å². The summed E-state index contributed by atoms with van der Waals surface area (Å²) in [4.78, 5) is 37.3. The number of ether oxygens (including phenoxy) is 3. The Kier molecular flexibility index (Phi) is 10.6. The highest BCUT2D eigenvalue weighted by Crippen LogP contribution is 2.36. The SMILES string of the molecule is COc1ccc(C(O)CCCCOc2ccc(C(=O)C(=O)CCC3(C(=O)NO)CCOCC3)cc2)cc1. The number of benzene rings is 2. The summed E-state index contributed by atoms with van der Waals surface area (Å²) < 4.78 is 16.1. The van der Waals surface area contributed by atoms with Crippen molar-refractivity contribution in [2.45, 2.75) is 51.0 Å². The van der Waals surface area contributed by atoms with Crippen molar-refractivity contribution in [2.75, 3.05) is 26.9 Å². The molecular weight excluding hydrogens is 478 g/mol. The topological polar surface area (TPSA) is 131 Å². The van der Waals surface area contributed by atoms with Gasteiger partial charge in [0.1, 0.15) is 11.5 Å². The zero-order chi connectivity index (χ0) is 26.7. The maximum Gasteiger partial charge on any atom is 0.249 e. The van der Waals surface area contributed by atoms with Crippen LogP contribution in [0, 0.1) is 5.41 Å². The first-order valence-corrected chi connectivity index (χ1v) is 12.5. The predicted molar refractivity (Wildman–Crippen MR) is 135 cm³/mol.